The lowest BCUT2D eigenvalue weighted by Gasteiger charge is -2.21. The summed E-state index contributed by atoms with van der Waals surface area (Å²) < 4.78 is 0. The summed E-state index contributed by atoms with van der Waals surface area (Å²) in [5.74, 6) is 1.12. The molecule has 1 rings (SSSR count). The van der Waals surface area contributed by atoms with E-state index in [1.807, 2.05) is 36.9 Å². The number of halogens is 1. The van der Waals surface area contributed by atoms with Gasteiger partial charge in [-0.1, -0.05) is 36.7 Å². The standard InChI is InChI=1S/C12H18ClNS/c1-3-8-15-12(9(2)14)10-6-4-5-7-11(10)13/h4-7,9,12H,3,8,14H2,1-2H3. The zero-order chi connectivity index (χ0) is 11.3. The molecular weight excluding hydrogens is 226 g/mol. The molecule has 0 aliphatic rings. The summed E-state index contributed by atoms with van der Waals surface area (Å²) in [6.07, 6.45) is 1.17. The molecule has 0 radical (unpaired) electrons. The lowest BCUT2D eigenvalue weighted by Crippen LogP contribution is -2.23. The van der Waals surface area contributed by atoms with Gasteiger partial charge in [0.25, 0.3) is 0 Å². The van der Waals surface area contributed by atoms with Gasteiger partial charge in [-0.3, -0.25) is 0 Å². The van der Waals surface area contributed by atoms with E-state index in [0.29, 0.717) is 5.25 Å². The lowest BCUT2D eigenvalue weighted by molar-refractivity contribution is 0.721. The van der Waals surface area contributed by atoms with Crippen molar-refractivity contribution in [3.63, 3.8) is 0 Å². The molecule has 1 aromatic carbocycles. The molecule has 2 unspecified atom stereocenters. The van der Waals surface area contributed by atoms with Crippen LogP contribution in [0, 0.1) is 0 Å². The summed E-state index contributed by atoms with van der Waals surface area (Å²) in [4.78, 5) is 0. The van der Waals surface area contributed by atoms with Crippen molar-refractivity contribution in [2.45, 2.75) is 31.6 Å². The predicted octanol–water partition coefficient (Wildman–Crippen LogP) is 3.87. The summed E-state index contributed by atoms with van der Waals surface area (Å²) in [5, 5.41) is 1.13. The van der Waals surface area contributed by atoms with Crippen LogP contribution in [-0.2, 0) is 0 Å². The molecule has 0 aliphatic carbocycles. The third-order valence-corrected chi connectivity index (χ3v) is 4.22. The number of benzene rings is 1. The molecule has 2 atom stereocenters. The van der Waals surface area contributed by atoms with Crippen molar-refractivity contribution in [1.82, 2.24) is 0 Å². The Labute approximate surface area is 101 Å². The van der Waals surface area contributed by atoms with Crippen molar-refractivity contribution < 1.29 is 0 Å². The van der Waals surface area contributed by atoms with Crippen LogP contribution in [0.4, 0.5) is 0 Å². The van der Waals surface area contributed by atoms with Crippen LogP contribution in [0.1, 0.15) is 31.1 Å². The van der Waals surface area contributed by atoms with Crippen LogP contribution >= 0.6 is 23.4 Å². The molecule has 0 spiro atoms. The second-order valence-corrected chi connectivity index (χ2v) is 5.33. The first kappa shape index (κ1) is 12.9. The van der Waals surface area contributed by atoms with Gasteiger partial charge >= 0.3 is 0 Å². The molecule has 0 aromatic heterocycles. The van der Waals surface area contributed by atoms with E-state index in [1.165, 1.54) is 6.42 Å². The zero-order valence-electron chi connectivity index (χ0n) is 9.24. The molecule has 0 fully saturated rings. The van der Waals surface area contributed by atoms with Gasteiger partial charge in [0.1, 0.15) is 0 Å². The lowest BCUT2D eigenvalue weighted by atomic mass is 10.1. The molecule has 0 amide bonds. The van der Waals surface area contributed by atoms with Crippen LogP contribution in [0.5, 0.6) is 0 Å². The molecule has 84 valence electrons. The molecule has 0 aliphatic heterocycles. The van der Waals surface area contributed by atoms with E-state index >= 15 is 0 Å². The van der Waals surface area contributed by atoms with Gasteiger partial charge in [0.2, 0.25) is 0 Å². The van der Waals surface area contributed by atoms with Crippen LogP contribution < -0.4 is 5.73 Å². The van der Waals surface area contributed by atoms with E-state index in [-0.39, 0.29) is 6.04 Å². The van der Waals surface area contributed by atoms with Crippen LogP contribution in [0.15, 0.2) is 24.3 Å². The number of nitrogens with two attached hydrogens (primary N) is 1. The normalized spacial score (nSPS) is 14.9. The maximum Gasteiger partial charge on any atom is 0.0460 e. The summed E-state index contributed by atoms with van der Waals surface area (Å²) in [7, 11) is 0. The first-order valence-corrected chi connectivity index (χ1v) is 6.71. The highest BCUT2D eigenvalue weighted by Crippen LogP contribution is 2.35. The molecule has 1 nitrogen and oxygen atoms in total. The number of hydrogen-bond donors (Lipinski definition) is 1. The Kier molecular flexibility index (Phi) is 5.51. The molecule has 15 heavy (non-hydrogen) atoms. The van der Waals surface area contributed by atoms with Gasteiger partial charge in [-0.2, -0.15) is 11.8 Å². The fourth-order valence-corrected chi connectivity index (χ4v) is 2.97. The zero-order valence-corrected chi connectivity index (χ0v) is 10.8. The SMILES string of the molecule is CCCSC(c1ccccc1Cl)C(C)N. The van der Waals surface area contributed by atoms with Crippen molar-refractivity contribution in [3.8, 4) is 0 Å². The second kappa shape index (κ2) is 6.41. The van der Waals surface area contributed by atoms with Gasteiger partial charge in [0, 0.05) is 16.3 Å². The summed E-state index contributed by atoms with van der Waals surface area (Å²) in [6, 6.07) is 8.09. The van der Waals surface area contributed by atoms with Gasteiger partial charge in [0.15, 0.2) is 0 Å². The van der Waals surface area contributed by atoms with Gasteiger partial charge < -0.3 is 5.73 Å². The molecule has 3 heteroatoms. The largest absolute Gasteiger partial charge is 0.327 e. The van der Waals surface area contributed by atoms with E-state index in [4.69, 9.17) is 17.3 Å². The van der Waals surface area contributed by atoms with Crippen LogP contribution in [0.2, 0.25) is 5.02 Å². The highest BCUT2D eigenvalue weighted by molar-refractivity contribution is 7.99. The maximum absolute atomic E-state index is 6.17. The van der Waals surface area contributed by atoms with E-state index in [1.54, 1.807) is 0 Å². The van der Waals surface area contributed by atoms with Gasteiger partial charge in [-0.15, -0.1) is 0 Å². The Bertz CT molecular complexity index is 301. The van der Waals surface area contributed by atoms with E-state index in [2.05, 4.69) is 13.0 Å². The number of thioether (sulfide) groups is 1. The average Bonchev–Trinajstić information content (AvgIpc) is 2.20. The summed E-state index contributed by atoms with van der Waals surface area (Å²) in [5.41, 5.74) is 7.16. The quantitative estimate of drug-likeness (QED) is 0.850. The Morgan fingerprint density at radius 2 is 2.07 bits per heavy atom. The monoisotopic (exact) mass is 243 g/mol. The predicted molar refractivity (Wildman–Crippen MR) is 70.6 cm³/mol. The van der Waals surface area contributed by atoms with Crippen molar-refractivity contribution >= 4 is 23.4 Å². The average molecular weight is 244 g/mol. The summed E-state index contributed by atoms with van der Waals surface area (Å²) in [6.45, 7) is 4.22. The summed E-state index contributed by atoms with van der Waals surface area (Å²) >= 11 is 8.06. The third-order valence-electron chi connectivity index (χ3n) is 2.19. The molecule has 2 N–H and O–H groups in total. The first-order valence-electron chi connectivity index (χ1n) is 5.28. The Hall–Kier alpha value is -0.180. The number of rotatable bonds is 5. The van der Waals surface area contributed by atoms with E-state index in [9.17, 15) is 0 Å². The molecule has 1 aromatic rings. The van der Waals surface area contributed by atoms with Crippen molar-refractivity contribution in [2.75, 3.05) is 5.75 Å². The Morgan fingerprint density at radius 1 is 1.40 bits per heavy atom. The fraction of sp³-hybridized carbons (Fsp3) is 0.500. The van der Waals surface area contributed by atoms with Crippen LogP contribution in [0.3, 0.4) is 0 Å². The Morgan fingerprint density at radius 3 is 2.60 bits per heavy atom. The second-order valence-electron chi connectivity index (χ2n) is 3.67. The van der Waals surface area contributed by atoms with E-state index in [0.717, 1.165) is 16.3 Å². The first-order chi connectivity index (χ1) is 7.16. The Balaban J connectivity index is 2.84. The fourth-order valence-electron chi connectivity index (χ4n) is 1.48. The van der Waals surface area contributed by atoms with Crippen LogP contribution in [-0.4, -0.2) is 11.8 Å². The molecule has 0 heterocycles. The van der Waals surface area contributed by atoms with Crippen molar-refractivity contribution in [3.05, 3.63) is 34.9 Å². The highest BCUT2D eigenvalue weighted by atomic mass is 35.5. The third kappa shape index (κ3) is 3.71. The van der Waals surface area contributed by atoms with Crippen LogP contribution in [0.25, 0.3) is 0 Å². The highest BCUT2D eigenvalue weighted by Gasteiger charge is 2.18. The van der Waals surface area contributed by atoms with Crippen molar-refractivity contribution in [2.24, 2.45) is 5.73 Å². The molecule has 0 saturated heterocycles. The minimum absolute atomic E-state index is 0.126. The van der Waals surface area contributed by atoms with Gasteiger partial charge in [-0.05, 0) is 30.7 Å². The molecule has 0 bridgehead atoms. The minimum atomic E-state index is 0.126. The van der Waals surface area contributed by atoms with Gasteiger partial charge in [-0.25, -0.2) is 0 Å². The minimum Gasteiger partial charge on any atom is -0.327 e. The van der Waals surface area contributed by atoms with Gasteiger partial charge in [0.05, 0.1) is 0 Å². The maximum atomic E-state index is 6.17. The molecule has 0 saturated carbocycles. The number of hydrogen-bond acceptors (Lipinski definition) is 2. The topological polar surface area (TPSA) is 26.0 Å². The molecular formula is C12H18ClNS. The van der Waals surface area contributed by atoms with Crippen molar-refractivity contribution in [1.29, 1.82) is 0 Å². The smallest absolute Gasteiger partial charge is 0.0460 e. The van der Waals surface area contributed by atoms with E-state index < -0.39 is 0 Å².